The number of rotatable bonds is 5. The number of sulfone groups is 1. The minimum Gasteiger partial charge on any atom is -0.348 e. The van der Waals surface area contributed by atoms with Crippen LogP contribution in [0.25, 0.3) is 0 Å². The number of benzene rings is 2. The Hall–Kier alpha value is -2.21. The van der Waals surface area contributed by atoms with Crippen molar-refractivity contribution < 1.29 is 17.6 Å². The number of carbonyl (C=O) groups is 1. The van der Waals surface area contributed by atoms with Crippen LogP contribution < -0.4 is 5.32 Å². The Morgan fingerprint density at radius 3 is 2.52 bits per heavy atom. The average molecular weight is 335 g/mol. The Bertz CT molecular complexity index is 831. The fourth-order valence-corrected chi connectivity index (χ4v) is 2.92. The largest absolute Gasteiger partial charge is 0.348 e. The minimum absolute atomic E-state index is 0.114. The highest BCUT2D eigenvalue weighted by atomic mass is 32.2. The number of carbonyl (C=O) groups excluding carboxylic acids is 1. The van der Waals surface area contributed by atoms with Crippen molar-refractivity contribution in [2.75, 3.05) is 6.26 Å². The van der Waals surface area contributed by atoms with Crippen LogP contribution in [0, 0.1) is 12.7 Å². The molecule has 0 saturated carbocycles. The zero-order chi connectivity index (χ0) is 17.0. The van der Waals surface area contributed by atoms with Crippen molar-refractivity contribution in [1.82, 2.24) is 5.32 Å². The van der Waals surface area contributed by atoms with Crippen LogP contribution in [0.5, 0.6) is 0 Å². The molecule has 0 bridgehead atoms. The first-order valence-corrected chi connectivity index (χ1v) is 9.10. The van der Waals surface area contributed by atoms with Gasteiger partial charge >= 0.3 is 0 Å². The Morgan fingerprint density at radius 1 is 1.13 bits per heavy atom. The summed E-state index contributed by atoms with van der Waals surface area (Å²) in [4.78, 5) is 12.1. The Morgan fingerprint density at radius 2 is 1.87 bits per heavy atom. The number of aryl methyl sites for hydroxylation is 1. The summed E-state index contributed by atoms with van der Waals surface area (Å²) >= 11 is 0. The van der Waals surface area contributed by atoms with Crippen LogP contribution in [0.3, 0.4) is 0 Å². The maximum Gasteiger partial charge on any atom is 0.251 e. The molecule has 4 nitrogen and oxygen atoms in total. The molecule has 2 aromatic carbocycles. The third-order valence-corrected chi connectivity index (χ3v) is 4.17. The first-order valence-electron chi connectivity index (χ1n) is 7.04. The molecule has 0 atom stereocenters. The number of nitrogens with one attached hydrogen (secondary N) is 1. The third-order valence-electron chi connectivity index (χ3n) is 3.31. The van der Waals surface area contributed by atoms with Crippen molar-refractivity contribution in [3.63, 3.8) is 0 Å². The standard InChI is InChI=1S/C17H18FNO3S/c1-12-6-7-13(9-16(12)18)10-19-17(20)15-5-3-4-14(8-15)11-23(2,21)22/h3-9H,10-11H2,1-2H3,(H,19,20). The van der Waals surface area contributed by atoms with Crippen LogP contribution in [0.1, 0.15) is 27.0 Å². The summed E-state index contributed by atoms with van der Waals surface area (Å²) < 4.78 is 36.1. The summed E-state index contributed by atoms with van der Waals surface area (Å²) in [6.07, 6.45) is 1.14. The first-order chi connectivity index (χ1) is 10.7. The monoisotopic (exact) mass is 335 g/mol. The zero-order valence-corrected chi connectivity index (χ0v) is 13.8. The maximum absolute atomic E-state index is 13.5. The first kappa shape index (κ1) is 17.1. The molecular formula is C17H18FNO3S. The molecule has 2 rings (SSSR count). The molecule has 0 spiro atoms. The second kappa shape index (κ2) is 6.91. The molecule has 1 N–H and O–H groups in total. The van der Waals surface area contributed by atoms with Gasteiger partial charge in [-0.15, -0.1) is 0 Å². The highest BCUT2D eigenvalue weighted by molar-refractivity contribution is 7.89. The molecule has 2 aromatic rings. The predicted octanol–water partition coefficient (Wildman–Crippen LogP) is 2.61. The minimum atomic E-state index is -3.16. The van der Waals surface area contributed by atoms with E-state index in [4.69, 9.17) is 0 Å². The smallest absolute Gasteiger partial charge is 0.251 e. The summed E-state index contributed by atoms with van der Waals surface area (Å²) in [6.45, 7) is 1.87. The van der Waals surface area contributed by atoms with Gasteiger partial charge in [-0.25, -0.2) is 12.8 Å². The van der Waals surface area contributed by atoms with Gasteiger partial charge in [0.1, 0.15) is 5.82 Å². The van der Waals surface area contributed by atoms with E-state index in [1.54, 1.807) is 43.3 Å². The number of halogens is 1. The lowest BCUT2D eigenvalue weighted by Gasteiger charge is -2.08. The highest BCUT2D eigenvalue weighted by Crippen LogP contribution is 2.11. The van der Waals surface area contributed by atoms with E-state index in [0.29, 0.717) is 22.3 Å². The number of amides is 1. The normalized spacial score (nSPS) is 11.3. The maximum atomic E-state index is 13.5. The van der Waals surface area contributed by atoms with Crippen molar-refractivity contribution in [1.29, 1.82) is 0 Å². The second-order valence-electron chi connectivity index (χ2n) is 5.54. The quantitative estimate of drug-likeness (QED) is 0.913. The Kier molecular flexibility index (Phi) is 5.15. The van der Waals surface area contributed by atoms with Gasteiger partial charge in [0, 0.05) is 18.4 Å². The molecule has 0 heterocycles. The van der Waals surface area contributed by atoms with Crippen LogP contribution >= 0.6 is 0 Å². The summed E-state index contributed by atoms with van der Waals surface area (Å²) in [7, 11) is -3.16. The van der Waals surface area contributed by atoms with Crippen LogP contribution in [-0.2, 0) is 22.1 Å². The Balaban J connectivity index is 2.05. The molecule has 1 amide bonds. The van der Waals surface area contributed by atoms with Crippen LogP contribution in [0.2, 0.25) is 0 Å². The lowest BCUT2D eigenvalue weighted by atomic mass is 10.1. The van der Waals surface area contributed by atoms with E-state index in [2.05, 4.69) is 5.32 Å². The van der Waals surface area contributed by atoms with Crippen LogP contribution in [0.4, 0.5) is 4.39 Å². The molecule has 0 aliphatic rings. The van der Waals surface area contributed by atoms with Gasteiger partial charge in [0.25, 0.3) is 5.91 Å². The van der Waals surface area contributed by atoms with Gasteiger partial charge in [-0.3, -0.25) is 4.79 Å². The van der Waals surface area contributed by atoms with Crippen LogP contribution in [-0.4, -0.2) is 20.6 Å². The molecule has 0 saturated heterocycles. The number of hydrogen-bond donors (Lipinski definition) is 1. The zero-order valence-electron chi connectivity index (χ0n) is 13.0. The molecule has 6 heteroatoms. The van der Waals surface area contributed by atoms with Gasteiger partial charge in [0.2, 0.25) is 0 Å². The summed E-state index contributed by atoms with van der Waals surface area (Å²) in [5.41, 5.74) is 2.14. The van der Waals surface area contributed by atoms with E-state index in [1.165, 1.54) is 6.07 Å². The average Bonchev–Trinajstić information content (AvgIpc) is 2.46. The van der Waals surface area contributed by atoms with Gasteiger partial charge in [-0.05, 0) is 41.8 Å². The highest BCUT2D eigenvalue weighted by Gasteiger charge is 2.09. The lowest BCUT2D eigenvalue weighted by Crippen LogP contribution is -2.23. The molecule has 0 radical (unpaired) electrons. The summed E-state index contributed by atoms with van der Waals surface area (Å²) in [5, 5.41) is 2.70. The molecule has 0 fully saturated rings. The molecule has 0 aromatic heterocycles. The SMILES string of the molecule is Cc1ccc(CNC(=O)c2cccc(CS(C)(=O)=O)c2)cc1F. The topological polar surface area (TPSA) is 63.2 Å². The van der Waals surface area contributed by atoms with E-state index in [9.17, 15) is 17.6 Å². The van der Waals surface area contributed by atoms with Crippen LogP contribution in [0.15, 0.2) is 42.5 Å². The Labute approximate surface area is 135 Å². The van der Waals surface area contributed by atoms with Crippen molar-refractivity contribution in [3.8, 4) is 0 Å². The molecule has 23 heavy (non-hydrogen) atoms. The summed E-state index contributed by atoms with van der Waals surface area (Å²) in [5.74, 6) is -0.759. The molecule has 0 aliphatic heterocycles. The van der Waals surface area contributed by atoms with Crippen molar-refractivity contribution in [2.24, 2.45) is 0 Å². The molecular weight excluding hydrogens is 317 g/mol. The van der Waals surface area contributed by atoms with E-state index in [0.717, 1.165) is 6.26 Å². The van der Waals surface area contributed by atoms with E-state index >= 15 is 0 Å². The van der Waals surface area contributed by atoms with E-state index in [1.807, 2.05) is 0 Å². The van der Waals surface area contributed by atoms with Crippen molar-refractivity contribution in [2.45, 2.75) is 19.2 Å². The van der Waals surface area contributed by atoms with Crippen molar-refractivity contribution in [3.05, 3.63) is 70.5 Å². The van der Waals surface area contributed by atoms with Gasteiger partial charge in [-0.2, -0.15) is 0 Å². The predicted molar refractivity (Wildman–Crippen MR) is 87.3 cm³/mol. The molecule has 0 unspecified atom stereocenters. The molecule has 122 valence electrons. The fraction of sp³-hybridized carbons (Fsp3) is 0.235. The van der Waals surface area contributed by atoms with Gasteiger partial charge in [0.05, 0.1) is 5.75 Å². The third kappa shape index (κ3) is 5.17. The second-order valence-corrected chi connectivity index (χ2v) is 7.68. The van der Waals surface area contributed by atoms with Gasteiger partial charge in [0.15, 0.2) is 9.84 Å². The van der Waals surface area contributed by atoms with Crippen molar-refractivity contribution >= 4 is 15.7 Å². The molecule has 0 aliphatic carbocycles. The lowest BCUT2D eigenvalue weighted by molar-refractivity contribution is 0.0950. The van der Waals surface area contributed by atoms with E-state index in [-0.39, 0.29) is 24.0 Å². The van der Waals surface area contributed by atoms with Gasteiger partial charge < -0.3 is 5.32 Å². The fourth-order valence-electron chi connectivity index (χ4n) is 2.14. The number of hydrogen-bond acceptors (Lipinski definition) is 3. The van der Waals surface area contributed by atoms with Gasteiger partial charge in [-0.1, -0.05) is 24.3 Å². The van der Waals surface area contributed by atoms with E-state index < -0.39 is 9.84 Å². The summed E-state index contributed by atoms with van der Waals surface area (Å²) in [6, 6.07) is 11.2.